The summed E-state index contributed by atoms with van der Waals surface area (Å²) >= 11 is 0. The Kier molecular flexibility index (Phi) is 7.97. The van der Waals surface area contributed by atoms with Gasteiger partial charge >= 0.3 is 0 Å². The van der Waals surface area contributed by atoms with E-state index in [4.69, 9.17) is 0 Å². The van der Waals surface area contributed by atoms with Crippen molar-refractivity contribution in [2.75, 3.05) is 33.2 Å². The van der Waals surface area contributed by atoms with Crippen LogP contribution in [0.2, 0.25) is 0 Å². The van der Waals surface area contributed by atoms with Gasteiger partial charge in [-0.1, -0.05) is 64.2 Å². The van der Waals surface area contributed by atoms with Crippen LogP contribution in [0.25, 0.3) is 0 Å². The van der Waals surface area contributed by atoms with Crippen LogP contribution in [0, 0.1) is 0 Å². The second kappa shape index (κ2) is 9.78. The van der Waals surface area contributed by atoms with Crippen LogP contribution in [0.15, 0.2) is 0 Å². The number of nitrogens with zero attached hydrogens (tertiary/aromatic N) is 2. The third kappa shape index (κ3) is 6.13. The molecule has 1 heterocycles. The van der Waals surface area contributed by atoms with Crippen molar-refractivity contribution in [2.45, 2.75) is 83.1 Å². The molecule has 0 radical (unpaired) electrons. The van der Waals surface area contributed by atoms with Crippen LogP contribution >= 0.6 is 0 Å². The van der Waals surface area contributed by atoms with Gasteiger partial charge in [0.15, 0.2) is 0 Å². The molecule has 0 aromatic rings. The SMILES string of the molecule is C1CCCCCCC1.CN1CCN(C2CCCC2)CC1. The van der Waals surface area contributed by atoms with E-state index in [1.807, 2.05) is 0 Å². The fraction of sp³-hybridized carbons (Fsp3) is 1.00. The van der Waals surface area contributed by atoms with Crippen LogP contribution in [-0.4, -0.2) is 49.1 Å². The van der Waals surface area contributed by atoms with Crippen LogP contribution in [-0.2, 0) is 0 Å². The monoisotopic (exact) mass is 280 g/mol. The summed E-state index contributed by atoms with van der Waals surface area (Å²) in [4.78, 5) is 5.14. The fourth-order valence-corrected chi connectivity index (χ4v) is 3.87. The molecule has 1 saturated heterocycles. The van der Waals surface area contributed by atoms with Gasteiger partial charge in [-0.25, -0.2) is 0 Å². The number of hydrogen-bond donors (Lipinski definition) is 0. The Bertz CT molecular complexity index is 204. The predicted octanol–water partition coefficient (Wildman–Crippen LogP) is 4.30. The summed E-state index contributed by atoms with van der Waals surface area (Å²) in [6.07, 6.45) is 17.9. The first kappa shape index (κ1) is 16.3. The first-order valence-electron chi connectivity index (χ1n) is 9.29. The zero-order valence-electron chi connectivity index (χ0n) is 13.8. The van der Waals surface area contributed by atoms with E-state index in [1.165, 1.54) is 103 Å². The Morgan fingerprint density at radius 3 is 1.35 bits per heavy atom. The molecule has 0 bridgehead atoms. The van der Waals surface area contributed by atoms with Gasteiger partial charge in [-0.05, 0) is 19.9 Å². The average molecular weight is 280 g/mol. The van der Waals surface area contributed by atoms with E-state index in [0.717, 1.165) is 6.04 Å². The highest BCUT2D eigenvalue weighted by Gasteiger charge is 2.24. The van der Waals surface area contributed by atoms with Gasteiger partial charge in [-0.15, -0.1) is 0 Å². The summed E-state index contributed by atoms with van der Waals surface area (Å²) in [7, 11) is 2.23. The summed E-state index contributed by atoms with van der Waals surface area (Å²) in [6.45, 7) is 5.16. The van der Waals surface area contributed by atoms with Crippen molar-refractivity contribution in [3.05, 3.63) is 0 Å². The van der Waals surface area contributed by atoms with Crippen LogP contribution in [0.1, 0.15) is 77.0 Å². The molecule has 2 heteroatoms. The lowest BCUT2D eigenvalue weighted by Crippen LogP contribution is -2.48. The topological polar surface area (TPSA) is 6.48 Å². The van der Waals surface area contributed by atoms with Gasteiger partial charge in [0, 0.05) is 32.2 Å². The summed E-state index contributed by atoms with van der Waals surface area (Å²) in [5, 5.41) is 0. The minimum Gasteiger partial charge on any atom is -0.304 e. The zero-order chi connectivity index (χ0) is 14.0. The van der Waals surface area contributed by atoms with Gasteiger partial charge in [-0.3, -0.25) is 4.90 Å². The number of likely N-dealkylation sites (N-methyl/N-ethyl adjacent to an activating group) is 1. The third-order valence-corrected chi connectivity index (χ3v) is 5.38. The zero-order valence-corrected chi connectivity index (χ0v) is 13.8. The summed E-state index contributed by atoms with van der Waals surface area (Å²) in [5.41, 5.74) is 0. The highest BCUT2D eigenvalue weighted by molar-refractivity contribution is 4.80. The van der Waals surface area contributed by atoms with Gasteiger partial charge in [0.1, 0.15) is 0 Å². The Morgan fingerprint density at radius 1 is 0.550 bits per heavy atom. The lowest BCUT2D eigenvalue weighted by Gasteiger charge is -2.36. The first-order valence-corrected chi connectivity index (χ1v) is 9.29. The molecule has 2 nitrogen and oxygen atoms in total. The lowest BCUT2D eigenvalue weighted by atomic mass is 10.0. The molecule has 3 rings (SSSR count). The van der Waals surface area contributed by atoms with E-state index in [1.54, 1.807) is 0 Å². The van der Waals surface area contributed by atoms with E-state index in [-0.39, 0.29) is 0 Å². The predicted molar refractivity (Wildman–Crippen MR) is 88.3 cm³/mol. The van der Waals surface area contributed by atoms with Crippen LogP contribution < -0.4 is 0 Å². The smallest absolute Gasteiger partial charge is 0.0113 e. The number of rotatable bonds is 1. The molecule has 0 aromatic carbocycles. The van der Waals surface area contributed by atoms with Crippen molar-refractivity contribution < 1.29 is 0 Å². The van der Waals surface area contributed by atoms with E-state index >= 15 is 0 Å². The maximum Gasteiger partial charge on any atom is 0.0113 e. The molecule has 0 unspecified atom stereocenters. The molecule has 3 aliphatic rings. The van der Waals surface area contributed by atoms with E-state index in [0.29, 0.717) is 0 Å². The molecule has 1 aliphatic heterocycles. The van der Waals surface area contributed by atoms with Crippen LogP contribution in [0.4, 0.5) is 0 Å². The molecule has 2 saturated carbocycles. The van der Waals surface area contributed by atoms with Crippen molar-refractivity contribution in [3.63, 3.8) is 0 Å². The molecular formula is C18H36N2. The maximum absolute atomic E-state index is 2.70. The lowest BCUT2D eigenvalue weighted by molar-refractivity contribution is 0.114. The van der Waals surface area contributed by atoms with Gasteiger partial charge in [-0.2, -0.15) is 0 Å². The second-order valence-corrected chi connectivity index (χ2v) is 7.11. The van der Waals surface area contributed by atoms with Crippen molar-refractivity contribution in [1.29, 1.82) is 0 Å². The molecule has 118 valence electrons. The minimum atomic E-state index is 0.943. The molecule has 0 atom stereocenters. The number of hydrogen-bond acceptors (Lipinski definition) is 2. The third-order valence-electron chi connectivity index (χ3n) is 5.38. The fourth-order valence-electron chi connectivity index (χ4n) is 3.87. The molecular weight excluding hydrogens is 244 g/mol. The molecule has 20 heavy (non-hydrogen) atoms. The summed E-state index contributed by atoms with van der Waals surface area (Å²) in [6, 6.07) is 0.943. The van der Waals surface area contributed by atoms with Crippen LogP contribution in [0.5, 0.6) is 0 Å². The first-order chi connectivity index (χ1) is 9.86. The van der Waals surface area contributed by atoms with E-state index < -0.39 is 0 Å². The van der Waals surface area contributed by atoms with Gasteiger partial charge in [0.25, 0.3) is 0 Å². The Morgan fingerprint density at radius 2 is 0.950 bits per heavy atom. The second-order valence-electron chi connectivity index (χ2n) is 7.11. The van der Waals surface area contributed by atoms with Gasteiger partial charge in [0.05, 0.1) is 0 Å². The summed E-state index contributed by atoms with van der Waals surface area (Å²) < 4.78 is 0. The van der Waals surface area contributed by atoms with E-state index in [2.05, 4.69) is 16.8 Å². The number of piperazine rings is 1. The molecule has 0 amide bonds. The van der Waals surface area contributed by atoms with E-state index in [9.17, 15) is 0 Å². The van der Waals surface area contributed by atoms with Crippen molar-refractivity contribution in [2.24, 2.45) is 0 Å². The Hall–Kier alpha value is -0.0800. The minimum absolute atomic E-state index is 0.943. The Balaban J connectivity index is 0.000000160. The maximum atomic E-state index is 2.70. The molecule has 0 aromatic heterocycles. The normalized spacial score (nSPS) is 27.4. The quantitative estimate of drug-likeness (QED) is 0.706. The molecule has 0 N–H and O–H groups in total. The highest BCUT2D eigenvalue weighted by atomic mass is 15.3. The van der Waals surface area contributed by atoms with Crippen molar-refractivity contribution >= 4 is 0 Å². The van der Waals surface area contributed by atoms with Crippen LogP contribution in [0.3, 0.4) is 0 Å². The largest absolute Gasteiger partial charge is 0.304 e. The molecule has 0 spiro atoms. The molecule has 2 aliphatic carbocycles. The van der Waals surface area contributed by atoms with Crippen molar-refractivity contribution in [3.8, 4) is 0 Å². The van der Waals surface area contributed by atoms with Crippen molar-refractivity contribution in [1.82, 2.24) is 9.80 Å². The van der Waals surface area contributed by atoms with Gasteiger partial charge in [0.2, 0.25) is 0 Å². The standard InChI is InChI=1S/C10H20N2.C8H16/c1-11-6-8-12(9-7-11)10-4-2-3-5-10;1-2-4-6-8-7-5-3-1/h10H,2-9H2,1H3;1-8H2. The molecule has 3 fully saturated rings. The average Bonchev–Trinajstić information content (AvgIpc) is 2.93. The van der Waals surface area contributed by atoms with Gasteiger partial charge < -0.3 is 4.90 Å². The summed E-state index contributed by atoms with van der Waals surface area (Å²) in [5.74, 6) is 0. The highest BCUT2D eigenvalue weighted by Crippen LogP contribution is 2.23. The Labute approximate surface area is 126 Å².